The second-order valence-corrected chi connectivity index (χ2v) is 3.40. The quantitative estimate of drug-likeness (QED) is 0.652. The van der Waals surface area contributed by atoms with Crippen molar-refractivity contribution in [2.24, 2.45) is 5.92 Å². The van der Waals surface area contributed by atoms with Crippen LogP contribution in [0.3, 0.4) is 0 Å². The van der Waals surface area contributed by atoms with Crippen molar-refractivity contribution in [3.8, 4) is 0 Å². The van der Waals surface area contributed by atoms with Gasteiger partial charge in [-0.2, -0.15) is 0 Å². The third-order valence-corrected chi connectivity index (χ3v) is 2.41. The first-order valence-corrected chi connectivity index (χ1v) is 4.48. The van der Waals surface area contributed by atoms with Crippen LogP contribution in [0.2, 0.25) is 0 Å². The summed E-state index contributed by atoms with van der Waals surface area (Å²) in [5.74, 6) is 0.673. The van der Waals surface area contributed by atoms with Gasteiger partial charge in [0.1, 0.15) is 6.10 Å². The summed E-state index contributed by atoms with van der Waals surface area (Å²) in [7, 11) is 0. The Labute approximate surface area is 76.7 Å². The number of carbonyl (C=O) groups excluding carboxylic acids is 1. The summed E-state index contributed by atoms with van der Waals surface area (Å²) in [5.41, 5.74) is 0. The Hall–Kier alpha value is -1.09. The fourth-order valence-corrected chi connectivity index (χ4v) is 1.59. The second kappa shape index (κ2) is 3.34. The van der Waals surface area contributed by atoms with Gasteiger partial charge in [0.25, 0.3) is 0 Å². The number of hydrogen-bond acceptors (Lipinski definition) is 3. The van der Waals surface area contributed by atoms with E-state index in [1.54, 1.807) is 12.1 Å². The molecule has 1 aromatic heterocycles. The molecule has 0 spiro atoms. The van der Waals surface area contributed by atoms with Crippen LogP contribution in [0, 0.1) is 5.92 Å². The molecule has 0 aliphatic carbocycles. The molecule has 2 unspecified atom stereocenters. The SMILES string of the molecule is CC1CCOC1C(=O)c1ccco1. The highest BCUT2D eigenvalue weighted by atomic mass is 16.5. The van der Waals surface area contributed by atoms with Gasteiger partial charge in [0.15, 0.2) is 5.76 Å². The molecule has 3 nitrogen and oxygen atoms in total. The monoisotopic (exact) mass is 180 g/mol. The molecule has 1 aliphatic heterocycles. The molecule has 0 amide bonds. The van der Waals surface area contributed by atoms with Crippen LogP contribution in [-0.4, -0.2) is 18.5 Å². The van der Waals surface area contributed by atoms with E-state index in [9.17, 15) is 4.79 Å². The van der Waals surface area contributed by atoms with E-state index in [1.807, 2.05) is 6.92 Å². The molecule has 0 aromatic carbocycles. The molecule has 0 N–H and O–H groups in total. The van der Waals surface area contributed by atoms with Crippen LogP contribution in [0.4, 0.5) is 0 Å². The Morgan fingerprint density at radius 2 is 2.46 bits per heavy atom. The minimum atomic E-state index is -0.300. The molecule has 1 aliphatic rings. The molecule has 2 rings (SSSR count). The molecule has 3 heteroatoms. The summed E-state index contributed by atoms with van der Waals surface area (Å²) in [5, 5.41) is 0. The Bertz CT molecular complexity index is 289. The molecule has 0 radical (unpaired) electrons. The zero-order chi connectivity index (χ0) is 9.26. The van der Waals surface area contributed by atoms with Crippen LogP contribution in [-0.2, 0) is 4.74 Å². The highest BCUT2D eigenvalue weighted by Crippen LogP contribution is 2.23. The first-order valence-electron chi connectivity index (χ1n) is 4.48. The average Bonchev–Trinajstić information content (AvgIpc) is 2.72. The summed E-state index contributed by atoms with van der Waals surface area (Å²) in [4.78, 5) is 11.7. The topological polar surface area (TPSA) is 39.4 Å². The fraction of sp³-hybridized carbons (Fsp3) is 0.500. The molecule has 2 heterocycles. The molecular formula is C10H12O3. The van der Waals surface area contributed by atoms with Gasteiger partial charge < -0.3 is 9.15 Å². The van der Waals surface area contributed by atoms with Gasteiger partial charge in [0.05, 0.1) is 6.26 Å². The summed E-state index contributed by atoms with van der Waals surface area (Å²) in [6, 6.07) is 3.39. The summed E-state index contributed by atoms with van der Waals surface area (Å²) >= 11 is 0. The Kier molecular flexibility index (Phi) is 2.19. The number of ketones is 1. The lowest BCUT2D eigenvalue weighted by Crippen LogP contribution is -2.24. The maximum absolute atomic E-state index is 11.7. The molecule has 1 saturated heterocycles. The van der Waals surface area contributed by atoms with Gasteiger partial charge in [-0.05, 0) is 24.5 Å². The van der Waals surface area contributed by atoms with Gasteiger partial charge in [-0.3, -0.25) is 4.79 Å². The third kappa shape index (κ3) is 1.52. The number of rotatable bonds is 2. The summed E-state index contributed by atoms with van der Waals surface area (Å²) in [6.45, 7) is 2.71. The Morgan fingerprint density at radius 1 is 1.62 bits per heavy atom. The van der Waals surface area contributed by atoms with Gasteiger partial charge in [0, 0.05) is 6.61 Å². The van der Waals surface area contributed by atoms with E-state index < -0.39 is 0 Å². The minimum Gasteiger partial charge on any atom is -0.461 e. The molecule has 0 bridgehead atoms. The van der Waals surface area contributed by atoms with Gasteiger partial charge in [0.2, 0.25) is 5.78 Å². The van der Waals surface area contributed by atoms with E-state index in [0.29, 0.717) is 18.3 Å². The first-order chi connectivity index (χ1) is 6.29. The van der Waals surface area contributed by atoms with Crippen LogP contribution in [0.5, 0.6) is 0 Å². The van der Waals surface area contributed by atoms with Crippen molar-refractivity contribution < 1.29 is 13.9 Å². The third-order valence-electron chi connectivity index (χ3n) is 2.41. The summed E-state index contributed by atoms with van der Waals surface area (Å²) < 4.78 is 10.4. The molecule has 2 atom stereocenters. The molecule has 13 heavy (non-hydrogen) atoms. The van der Waals surface area contributed by atoms with E-state index >= 15 is 0 Å². The van der Waals surface area contributed by atoms with Gasteiger partial charge in [-0.25, -0.2) is 0 Å². The number of hydrogen-bond donors (Lipinski definition) is 0. The highest BCUT2D eigenvalue weighted by Gasteiger charge is 2.32. The maximum atomic E-state index is 11.7. The number of Topliss-reactive ketones (excluding diaryl/α,β-unsaturated/α-hetero) is 1. The first kappa shape index (κ1) is 8.51. The smallest absolute Gasteiger partial charge is 0.226 e. The van der Waals surface area contributed by atoms with E-state index in [1.165, 1.54) is 6.26 Å². The van der Waals surface area contributed by atoms with Crippen molar-refractivity contribution in [1.82, 2.24) is 0 Å². The largest absolute Gasteiger partial charge is 0.461 e. The maximum Gasteiger partial charge on any atom is 0.226 e. The van der Waals surface area contributed by atoms with Crippen LogP contribution in [0.15, 0.2) is 22.8 Å². The highest BCUT2D eigenvalue weighted by molar-refractivity contribution is 5.97. The Balaban J connectivity index is 2.13. The standard InChI is InChI=1S/C10H12O3/c1-7-4-6-13-10(7)9(11)8-3-2-5-12-8/h2-3,5,7,10H,4,6H2,1H3. The predicted octanol–water partition coefficient (Wildman–Crippen LogP) is 1.89. The summed E-state index contributed by atoms with van der Waals surface area (Å²) in [6.07, 6.45) is 2.16. The van der Waals surface area contributed by atoms with Crippen molar-refractivity contribution >= 4 is 5.78 Å². The van der Waals surface area contributed by atoms with E-state index in [-0.39, 0.29) is 11.9 Å². The number of furan rings is 1. The normalized spacial score (nSPS) is 27.8. The average molecular weight is 180 g/mol. The predicted molar refractivity (Wildman–Crippen MR) is 46.6 cm³/mol. The van der Waals surface area contributed by atoms with Crippen molar-refractivity contribution in [2.75, 3.05) is 6.61 Å². The van der Waals surface area contributed by atoms with Crippen LogP contribution in [0.25, 0.3) is 0 Å². The zero-order valence-corrected chi connectivity index (χ0v) is 7.53. The van der Waals surface area contributed by atoms with Gasteiger partial charge >= 0.3 is 0 Å². The van der Waals surface area contributed by atoms with Gasteiger partial charge in [-0.1, -0.05) is 6.92 Å². The zero-order valence-electron chi connectivity index (χ0n) is 7.53. The Morgan fingerprint density at radius 3 is 3.00 bits per heavy atom. The minimum absolute atomic E-state index is 0.0324. The van der Waals surface area contributed by atoms with Crippen LogP contribution < -0.4 is 0 Å². The molecule has 1 aromatic rings. The van der Waals surface area contributed by atoms with Crippen LogP contribution >= 0.6 is 0 Å². The fourth-order valence-electron chi connectivity index (χ4n) is 1.59. The lowest BCUT2D eigenvalue weighted by Gasteiger charge is -2.10. The van der Waals surface area contributed by atoms with Crippen LogP contribution in [0.1, 0.15) is 23.9 Å². The molecule has 70 valence electrons. The van der Waals surface area contributed by atoms with Crippen molar-refractivity contribution in [1.29, 1.82) is 0 Å². The van der Waals surface area contributed by atoms with Gasteiger partial charge in [-0.15, -0.1) is 0 Å². The number of carbonyl (C=O) groups is 1. The van der Waals surface area contributed by atoms with E-state index in [2.05, 4.69) is 0 Å². The van der Waals surface area contributed by atoms with E-state index in [4.69, 9.17) is 9.15 Å². The molecule has 1 fully saturated rings. The van der Waals surface area contributed by atoms with Crippen molar-refractivity contribution in [3.63, 3.8) is 0 Å². The molecular weight excluding hydrogens is 168 g/mol. The lowest BCUT2D eigenvalue weighted by molar-refractivity contribution is 0.0552. The number of ether oxygens (including phenoxy) is 1. The van der Waals surface area contributed by atoms with Crippen molar-refractivity contribution in [2.45, 2.75) is 19.4 Å². The van der Waals surface area contributed by atoms with E-state index in [0.717, 1.165) is 6.42 Å². The van der Waals surface area contributed by atoms with Crippen molar-refractivity contribution in [3.05, 3.63) is 24.2 Å². The molecule has 0 saturated carbocycles. The second-order valence-electron chi connectivity index (χ2n) is 3.40. The lowest BCUT2D eigenvalue weighted by atomic mass is 9.99.